The minimum Gasteiger partial charge on any atom is -0.486 e. The fourth-order valence-electron chi connectivity index (χ4n) is 6.62. The number of hydrogen-bond acceptors (Lipinski definition) is 2. The van der Waals surface area contributed by atoms with Crippen LogP contribution >= 0.6 is 0 Å². The number of fused-ring (bicyclic) bond motifs is 3. The van der Waals surface area contributed by atoms with Crippen molar-refractivity contribution in [3.63, 3.8) is 0 Å². The van der Waals surface area contributed by atoms with Gasteiger partial charge in [0, 0.05) is 24.2 Å². The highest BCUT2D eigenvalue weighted by Crippen LogP contribution is 2.55. The zero-order valence-electron chi connectivity index (χ0n) is 26.6. The first kappa shape index (κ1) is 32.1. The largest absolute Gasteiger partial charge is 0.486 e. The Bertz CT molecular complexity index is 1450. The van der Waals surface area contributed by atoms with E-state index in [-0.39, 0.29) is 11.1 Å². The van der Waals surface area contributed by atoms with Crippen LogP contribution in [0.3, 0.4) is 0 Å². The molecule has 0 atom stereocenters. The van der Waals surface area contributed by atoms with E-state index in [9.17, 15) is 9.90 Å². The Morgan fingerprint density at radius 1 is 0.767 bits per heavy atom. The summed E-state index contributed by atoms with van der Waals surface area (Å²) in [5.41, 5.74) is 9.82. The van der Waals surface area contributed by atoms with Gasteiger partial charge < -0.3 is 10.0 Å². The molecular formula is C39H48N2O2. The Morgan fingerprint density at radius 2 is 1.30 bits per heavy atom. The Morgan fingerprint density at radius 3 is 1.84 bits per heavy atom. The molecule has 0 bridgehead atoms. The molecule has 1 aliphatic rings. The van der Waals surface area contributed by atoms with Gasteiger partial charge in [-0.1, -0.05) is 109 Å². The monoisotopic (exact) mass is 576 g/mol. The molecule has 0 saturated carbocycles. The molecule has 4 nitrogen and oxygen atoms in total. The quantitative estimate of drug-likeness (QED) is 0.136. The van der Waals surface area contributed by atoms with Crippen LogP contribution in [0.4, 0.5) is 5.69 Å². The van der Waals surface area contributed by atoms with Gasteiger partial charge in [-0.3, -0.25) is 4.79 Å². The normalized spacial score (nSPS) is 13.3. The second-order valence-corrected chi connectivity index (χ2v) is 12.0. The lowest BCUT2D eigenvalue weighted by molar-refractivity contribution is -0.132. The van der Waals surface area contributed by atoms with Gasteiger partial charge in [-0.15, -0.1) is 0 Å². The molecule has 1 N–H and O–H groups in total. The molecular weight excluding hydrogens is 528 g/mol. The van der Waals surface area contributed by atoms with Crippen molar-refractivity contribution in [1.82, 2.24) is 0 Å². The van der Waals surface area contributed by atoms with Crippen molar-refractivity contribution in [3.8, 4) is 22.3 Å². The zero-order valence-corrected chi connectivity index (χ0v) is 26.6. The van der Waals surface area contributed by atoms with E-state index in [1.165, 1.54) is 90.9 Å². The van der Waals surface area contributed by atoms with Crippen LogP contribution in [0.5, 0.6) is 0 Å². The molecule has 43 heavy (non-hydrogen) atoms. The molecule has 4 rings (SSSR count). The van der Waals surface area contributed by atoms with Gasteiger partial charge >= 0.3 is 5.97 Å². The number of anilines is 1. The molecule has 4 heteroatoms. The Balaban J connectivity index is 1.81. The van der Waals surface area contributed by atoms with E-state index in [1.54, 1.807) is 0 Å². The molecule has 0 saturated heterocycles. The summed E-state index contributed by atoms with van der Waals surface area (Å²) in [7, 11) is 0. The van der Waals surface area contributed by atoms with Crippen LogP contribution in [0.25, 0.3) is 33.2 Å². The topological polar surface area (TPSA) is 44.9 Å². The number of aliphatic carboxylic acids is 1. The third-order valence-corrected chi connectivity index (χ3v) is 9.07. The van der Waals surface area contributed by atoms with E-state index in [2.05, 4.69) is 73.8 Å². The fourth-order valence-corrected chi connectivity index (χ4v) is 6.62. The van der Waals surface area contributed by atoms with E-state index in [0.29, 0.717) is 5.56 Å². The number of unbranched alkanes of at least 4 members (excludes halogenated alkanes) is 4. The summed E-state index contributed by atoms with van der Waals surface area (Å²) in [6.07, 6.45) is 13.3. The van der Waals surface area contributed by atoms with Crippen molar-refractivity contribution in [2.24, 2.45) is 0 Å². The number of rotatable bonds is 16. The van der Waals surface area contributed by atoms with Gasteiger partial charge in [-0.2, -0.15) is 0 Å². The summed E-state index contributed by atoms with van der Waals surface area (Å²) in [5, 5.41) is 9.24. The number of carbonyl (C=O) groups is 1. The van der Waals surface area contributed by atoms with Crippen LogP contribution in [-0.4, -0.2) is 24.2 Å². The van der Waals surface area contributed by atoms with Gasteiger partial charge in [-0.05, 0) is 88.9 Å². The van der Waals surface area contributed by atoms with Crippen molar-refractivity contribution in [3.05, 3.63) is 94.5 Å². The Labute approximate surface area is 259 Å². The maximum atomic E-state index is 11.3. The van der Waals surface area contributed by atoms with E-state index in [1.807, 2.05) is 24.3 Å². The lowest BCUT2D eigenvalue weighted by Crippen LogP contribution is -2.28. The standard InChI is InChI=1S/C39H48N2O2/c1-6-10-22-39(23-11-7-2)35-27-31(30-16-14-29(15-17-30)26-37(40-5)38(42)43)18-20-33(35)34-21-19-32(28-36(34)39)41(24-12-8-3)25-13-9-4/h14-21,26-28H,6-13,22-25H2,1-4H3,(H,42,43)/b37-26-. The zero-order chi connectivity index (χ0) is 30.8. The van der Waals surface area contributed by atoms with Crippen LogP contribution in [0.1, 0.15) is 109 Å². The highest BCUT2D eigenvalue weighted by atomic mass is 16.4. The van der Waals surface area contributed by atoms with Crippen LogP contribution in [0.2, 0.25) is 0 Å². The summed E-state index contributed by atoms with van der Waals surface area (Å²) in [6, 6.07) is 22.2. The van der Waals surface area contributed by atoms with Gasteiger partial charge in [0.15, 0.2) is 0 Å². The van der Waals surface area contributed by atoms with E-state index in [4.69, 9.17) is 6.57 Å². The minimum atomic E-state index is -1.20. The molecule has 0 fully saturated rings. The summed E-state index contributed by atoms with van der Waals surface area (Å²) >= 11 is 0. The number of hydrogen-bond donors (Lipinski definition) is 1. The lowest BCUT2D eigenvalue weighted by Gasteiger charge is -2.34. The molecule has 0 spiro atoms. The molecule has 0 radical (unpaired) electrons. The smallest absolute Gasteiger partial charge is 0.333 e. The van der Waals surface area contributed by atoms with E-state index in [0.717, 1.165) is 31.5 Å². The molecule has 0 amide bonds. The molecule has 3 aromatic carbocycles. The van der Waals surface area contributed by atoms with Crippen molar-refractivity contribution < 1.29 is 9.90 Å². The maximum Gasteiger partial charge on any atom is 0.333 e. The summed E-state index contributed by atoms with van der Waals surface area (Å²) < 4.78 is 0. The van der Waals surface area contributed by atoms with Crippen LogP contribution < -0.4 is 4.90 Å². The Kier molecular flexibility index (Phi) is 11.2. The maximum absolute atomic E-state index is 11.3. The second kappa shape index (κ2) is 15.1. The third-order valence-electron chi connectivity index (χ3n) is 9.07. The number of carboxylic acid groups (broad SMARTS) is 1. The predicted molar refractivity (Wildman–Crippen MR) is 181 cm³/mol. The van der Waals surface area contributed by atoms with Gasteiger partial charge in [0.25, 0.3) is 5.70 Å². The third kappa shape index (κ3) is 7.04. The molecule has 0 unspecified atom stereocenters. The SMILES string of the molecule is [C-]#[N+]/C(=C\c1ccc(-c2ccc3c(c2)C(CCCC)(CCCC)c2cc(N(CCCC)CCCC)ccc2-3)cc1)C(=O)O. The molecule has 1 aliphatic carbocycles. The van der Waals surface area contributed by atoms with Gasteiger partial charge in [0.2, 0.25) is 0 Å². The second-order valence-electron chi connectivity index (χ2n) is 12.0. The highest BCUT2D eigenvalue weighted by Gasteiger charge is 2.42. The Hall–Kier alpha value is -3.84. The first-order chi connectivity index (χ1) is 20.9. The van der Waals surface area contributed by atoms with E-state index >= 15 is 0 Å². The average molecular weight is 577 g/mol. The van der Waals surface area contributed by atoms with Crippen molar-refractivity contribution in [2.45, 2.75) is 97.3 Å². The van der Waals surface area contributed by atoms with E-state index < -0.39 is 5.97 Å². The van der Waals surface area contributed by atoms with Crippen LogP contribution in [0.15, 0.2) is 66.4 Å². The number of benzene rings is 3. The summed E-state index contributed by atoms with van der Waals surface area (Å²) in [4.78, 5) is 17.1. The van der Waals surface area contributed by atoms with Crippen molar-refractivity contribution in [2.75, 3.05) is 18.0 Å². The predicted octanol–water partition coefficient (Wildman–Crippen LogP) is 10.8. The number of carboxylic acids is 1. The average Bonchev–Trinajstić information content (AvgIpc) is 3.30. The van der Waals surface area contributed by atoms with Crippen LogP contribution in [-0.2, 0) is 10.2 Å². The number of nitrogens with zero attached hydrogens (tertiary/aromatic N) is 2. The molecule has 0 aliphatic heterocycles. The molecule has 0 aromatic heterocycles. The first-order valence-corrected chi connectivity index (χ1v) is 16.4. The molecule has 0 heterocycles. The van der Waals surface area contributed by atoms with Crippen LogP contribution in [0, 0.1) is 6.57 Å². The van der Waals surface area contributed by atoms with Gasteiger partial charge in [0.1, 0.15) is 0 Å². The summed E-state index contributed by atoms with van der Waals surface area (Å²) in [6.45, 7) is 18.5. The van der Waals surface area contributed by atoms with Gasteiger partial charge in [0.05, 0.1) is 6.57 Å². The minimum absolute atomic E-state index is 0.00140. The lowest BCUT2D eigenvalue weighted by atomic mass is 9.70. The molecule has 3 aromatic rings. The summed E-state index contributed by atoms with van der Waals surface area (Å²) in [5.74, 6) is -1.20. The van der Waals surface area contributed by atoms with Crippen molar-refractivity contribution >= 4 is 17.7 Å². The van der Waals surface area contributed by atoms with Crippen molar-refractivity contribution in [1.29, 1.82) is 0 Å². The fraction of sp³-hybridized carbons (Fsp3) is 0.436. The van der Waals surface area contributed by atoms with Gasteiger partial charge in [-0.25, -0.2) is 4.85 Å². The highest BCUT2D eigenvalue weighted by molar-refractivity contribution is 5.94. The molecule has 226 valence electrons. The first-order valence-electron chi connectivity index (χ1n) is 16.4.